The molecule has 0 spiro atoms. The molecule has 3 N–H and O–H groups in total. The minimum Gasteiger partial charge on any atom is -0.477 e. The molecule has 108 valence electrons. The predicted molar refractivity (Wildman–Crippen MR) is 82.6 cm³/mol. The Labute approximate surface area is 130 Å². The molecule has 0 aliphatic rings. The number of rotatable bonds is 4. The molecule has 0 unspecified atom stereocenters. The number of carbonyl (C=O) groups is 1. The predicted octanol–water partition coefficient (Wildman–Crippen LogP) is 3.46. The van der Waals surface area contributed by atoms with Crippen LogP contribution in [0.2, 0.25) is 0 Å². The van der Waals surface area contributed by atoms with Crippen LogP contribution >= 0.6 is 34.4 Å². The number of aromatic nitrogens is 2. The first-order valence-corrected chi connectivity index (χ1v) is 8.33. The molecule has 5 nitrogen and oxygen atoms in total. The lowest BCUT2D eigenvalue weighted by Gasteiger charge is -2.00. The molecule has 9 heteroatoms. The zero-order valence-corrected chi connectivity index (χ0v) is 12.8. The number of hydrogen-bond donors (Lipinski definition) is 2. The Morgan fingerprint density at radius 1 is 1.38 bits per heavy atom. The Hall–Kier alpha value is -1.71. The Morgan fingerprint density at radius 2 is 2.19 bits per heavy atom. The van der Waals surface area contributed by atoms with Gasteiger partial charge in [0, 0.05) is 15.8 Å². The molecular weight excluding hydrogens is 333 g/mol. The largest absolute Gasteiger partial charge is 0.477 e. The van der Waals surface area contributed by atoms with Gasteiger partial charge in [-0.2, -0.15) is 0 Å². The van der Waals surface area contributed by atoms with Crippen molar-refractivity contribution in [3.63, 3.8) is 0 Å². The summed E-state index contributed by atoms with van der Waals surface area (Å²) in [6.45, 7) is 0. The third kappa shape index (κ3) is 2.71. The highest BCUT2D eigenvalue weighted by atomic mass is 32.2. The second kappa shape index (κ2) is 5.58. The molecule has 0 bridgehead atoms. The van der Waals surface area contributed by atoms with Crippen molar-refractivity contribution in [2.24, 2.45) is 0 Å². The molecule has 2 aromatic heterocycles. The van der Waals surface area contributed by atoms with Gasteiger partial charge in [0.05, 0.1) is 0 Å². The first-order valence-electron chi connectivity index (χ1n) is 5.71. The monoisotopic (exact) mass is 341 g/mol. The summed E-state index contributed by atoms with van der Waals surface area (Å²) in [6.07, 6.45) is 0. The van der Waals surface area contributed by atoms with Crippen LogP contribution in [0, 0.1) is 5.82 Å². The summed E-state index contributed by atoms with van der Waals surface area (Å²) in [5, 5.41) is 17.6. The van der Waals surface area contributed by atoms with Crippen LogP contribution in [0.15, 0.2) is 22.5 Å². The summed E-state index contributed by atoms with van der Waals surface area (Å²) in [4.78, 5) is 11.5. The number of benzene rings is 1. The van der Waals surface area contributed by atoms with E-state index in [1.54, 1.807) is 12.1 Å². The van der Waals surface area contributed by atoms with E-state index in [0.717, 1.165) is 11.3 Å². The lowest BCUT2D eigenvalue weighted by atomic mass is 10.1. The van der Waals surface area contributed by atoms with E-state index in [4.69, 9.17) is 5.73 Å². The molecule has 0 aliphatic carbocycles. The van der Waals surface area contributed by atoms with E-state index < -0.39 is 11.8 Å². The fraction of sp³-hybridized carbons (Fsp3) is 0.0833. The van der Waals surface area contributed by atoms with Crippen LogP contribution in [0.5, 0.6) is 0 Å². The summed E-state index contributed by atoms with van der Waals surface area (Å²) in [5.74, 6) is -1.16. The second-order valence-electron chi connectivity index (χ2n) is 4.02. The molecule has 0 atom stereocenters. The number of nitrogens with two attached hydrogens (primary N) is 1. The number of fused-ring (bicyclic) bond motifs is 1. The number of carboxylic acid groups (broad SMARTS) is 1. The van der Waals surface area contributed by atoms with Crippen LogP contribution < -0.4 is 5.73 Å². The van der Waals surface area contributed by atoms with Crippen LogP contribution in [0.4, 0.5) is 9.52 Å². The fourth-order valence-electron chi connectivity index (χ4n) is 1.89. The Balaban J connectivity index is 2.02. The van der Waals surface area contributed by atoms with Crippen molar-refractivity contribution in [1.82, 2.24) is 10.2 Å². The van der Waals surface area contributed by atoms with E-state index in [1.807, 2.05) is 0 Å². The third-order valence-electron chi connectivity index (χ3n) is 2.72. The number of carboxylic acids is 1. The molecule has 0 radical (unpaired) electrons. The highest BCUT2D eigenvalue weighted by Gasteiger charge is 2.20. The van der Waals surface area contributed by atoms with Crippen molar-refractivity contribution in [3.05, 3.63) is 34.5 Å². The molecule has 1 aromatic carbocycles. The molecule has 0 fully saturated rings. The number of anilines is 1. The maximum atomic E-state index is 14.0. The standard InChI is InChI=1S/C12H8FN3O2S3/c13-6-2-1-3-7-8(6)5(9(20-7)10(17)18)4-19-12-16-15-11(14)21-12/h1-3H,4H2,(H2,14,15)(H,17,18). The lowest BCUT2D eigenvalue weighted by Crippen LogP contribution is -1.97. The maximum absolute atomic E-state index is 14.0. The molecule has 0 saturated carbocycles. The van der Waals surface area contributed by atoms with Crippen molar-refractivity contribution >= 4 is 55.6 Å². The number of nitrogens with zero attached hydrogens (tertiary/aromatic N) is 2. The van der Waals surface area contributed by atoms with Crippen molar-refractivity contribution in [1.29, 1.82) is 0 Å². The van der Waals surface area contributed by atoms with Crippen molar-refractivity contribution in [2.75, 3.05) is 5.73 Å². The number of thioether (sulfide) groups is 1. The number of aromatic carboxylic acids is 1. The van der Waals surface area contributed by atoms with Crippen LogP contribution in [-0.2, 0) is 5.75 Å². The van der Waals surface area contributed by atoms with Gasteiger partial charge < -0.3 is 10.8 Å². The molecular formula is C12H8FN3O2S3. The SMILES string of the molecule is Nc1nnc(SCc2c(C(=O)O)sc3cccc(F)c23)s1. The van der Waals surface area contributed by atoms with Crippen LogP contribution in [0.25, 0.3) is 10.1 Å². The fourth-order valence-corrected chi connectivity index (χ4v) is 4.72. The van der Waals surface area contributed by atoms with Crippen LogP contribution in [0.1, 0.15) is 15.2 Å². The lowest BCUT2D eigenvalue weighted by molar-refractivity contribution is 0.0701. The van der Waals surface area contributed by atoms with Gasteiger partial charge in [-0.15, -0.1) is 21.5 Å². The van der Waals surface area contributed by atoms with Crippen molar-refractivity contribution < 1.29 is 14.3 Å². The second-order valence-corrected chi connectivity index (χ2v) is 7.31. The summed E-state index contributed by atoms with van der Waals surface area (Å²) < 4.78 is 15.3. The summed E-state index contributed by atoms with van der Waals surface area (Å²) in [7, 11) is 0. The summed E-state index contributed by atoms with van der Waals surface area (Å²) in [6, 6.07) is 4.62. The minimum absolute atomic E-state index is 0.153. The minimum atomic E-state index is -1.05. The van der Waals surface area contributed by atoms with Gasteiger partial charge in [-0.1, -0.05) is 29.2 Å². The number of halogens is 1. The zero-order chi connectivity index (χ0) is 15.0. The Kier molecular flexibility index (Phi) is 3.79. The normalized spacial score (nSPS) is 11.1. The van der Waals surface area contributed by atoms with E-state index in [2.05, 4.69) is 10.2 Å². The van der Waals surface area contributed by atoms with Crippen LogP contribution in [0.3, 0.4) is 0 Å². The molecule has 3 rings (SSSR count). The first-order chi connectivity index (χ1) is 10.1. The number of nitrogen functional groups attached to an aromatic ring is 1. The van der Waals surface area contributed by atoms with E-state index in [-0.39, 0.29) is 4.88 Å². The highest BCUT2D eigenvalue weighted by Crippen LogP contribution is 2.37. The smallest absolute Gasteiger partial charge is 0.346 e. The third-order valence-corrected chi connectivity index (χ3v) is 5.82. The molecule has 2 heterocycles. The van der Waals surface area contributed by atoms with E-state index in [9.17, 15) is 14.3 Å². The summed E-state index contributed by atoms with van der Waals surface area (Å²) in [5.41, 5.74) is 5.97. The quantitative estimate of drug-likeness (QED) is 0.706. The van der Waals surface area contributed by atoms with Gasteiger partial charge in [0.25, 0.3) is 0 Å². The molecule has 0 aliphatic heterocycles. The van der Waals surface area contributed by atoms with Crippen LogP contribution in [-0.4, -0.2) is 21.3 Å². The molecule has 0 amide bonds. The molecule has 3 aromatic rings. The van der Waals surface area contributed by atoms with Crippen molar-refractivity contribution in [2.45, 2.75) is 10.1 Å². The maximum Gasteiger partial charge on any atom is 0.346 e. The Bertz CT molecular complexity index is 830. The van der Waals surface area contributed by atoms with Gasteiger partial charge in [-0.05, 0) is 17.7 Å². The van der Waals surface area contributed by atoms with E-state index in [0.29, 0.717) is 30.9 Å². The number of thiophene rings is 1. The van der Waals surface area contributed by atoms with Gasteiger partial charge in [-0.3, -0.25) is 0 Å². The number of hydrogen-bond acceptors (Lipinski definition) is 7. The summed E-state index contributed by atoms with van der Waals surface area (Å²) >= 11 is 3.59. The average Bonchev–Trinajstić information content (AvgIpc) is 3.01. The van der Waals surface area contributed by atoms with Crippen molar-refractivity contribution in [3.8, 4) is 0 Å². The van der Waals surface area contributed by atoms with E-state index in [1.165, 1.54) is 29.2 Å². The highest BCUT2D eigenvalue weighted by molar-refractivity contribution is 8.00. The van der Waals surface area contributed by atoms with E-state index >= 15 is 0 Å². The molecule has 21 heavy (non-hydrogen) atoms. The first kappa shape index (κ1) is 14.2. The zero-order valence-electron chi connectivity index (χ0n) is 10.4. The van der Waals surface area contributed by atoms with Gasteiger partial charge >= 0.3 is 5.97 Å². The van der Waals surface area contributed by atoms with Gasteiger partial charge in [0.1, 0.15) is 10.7 Å². The molecule has 0 saturated heterocycles. The van der Waals surface area contributed by atoms with Gasteiger partial charge in [-0.25, -0.2) is 9.18 Å². The average molecular weight is 341 g/mol. The Morgan fingerprint density at radius 3 is 2.86 bits per heavy atom. The van der Waals surface area contributed by atoms with Gasteiger partial charge in [0.2, 0.25) is 5.13 Å². The topological polar surface area (TPSA) is 89.1 Å². The van der Waals surface area contributed by atoms with Gasteiger partial charge in [0.15, 0.2) is 4.34 Å².